The predicted molar refractivity (Wildman–Crippen MR) is 106 cm³/mol. The molecule has 0 aliphatic carbocycles. The topological polar surface area (TPSA) is 106 Å². The molecule has 5 rings (SSSR count). The summed E-state index contributed by atoms with van der Waals surface area (Å²) in [6, 6.07) is 5.90. The third kappa shape index (κ3) is 3.29. The smallest absolute Gasteiger partial charge is 0.296 e. The van der Waals surface area contributed by atoms with Gasteiger partial charge in [0.15, 0.2) is 11.8 Å². The van der Waals surface area contributed by atoms with E-state index in [0.717, 1.165) is 11.4 Å². The van der Waals surface area contributed by atoms with Crippen molar-refractivity contribution in [1.82, 2.24) is 19.9 Å². The molecule has 152 valence electrons. The SMILES string of the molecule is CN(C)c1ccc(-c2nc3nc(O[C@@H]4CO[C@H]5[C@@H]4OC[C@H]5O)[nH]c3cc2Cl)cn1. The lowest BCUT2D eigenvalue weighted by atomic mass is 10.1. The molecule has 0 amide bonds. The van der Waals surface area contributed by atoms with Crippen LogP contribution in [-0.4, -0.2) is 76.8 Å². The second kappa shape index (κ2) is 7.10. The monoisotopic (exact) mass is 417 g/mol. The lowest BCUT2D eigenvalue weighted by Crippen LogP contribution is -2.34. The Balaban J connectivity index is 1.41. The summed E-state index contributed by atoms with van der Waals surface area (Å²) in [5.41, 5.74) is 2.54. The predicted octanol–water partition coefficient (Wildman–Crippen LogP) is 1.65. The summed E-state index contributed by atoms with van der Waals surface area (Å²) in [6.07, 6.45) is 0.0843. The molecule has 0 unspecified atom stereocenters. The minimum absolute atomic E-state index is 0.247. The number of imidazole rings is 1. The van der Waals surface area contributed by atoms with Crippen LogP contribution in [0.5, 0.6) is 6.01 Å². The van der Waals surface area contributed by atoms with Gasteiger partial charge in [-0.25, -0.2) is 9.97 Å². The Hall–Kier alpha value is -2.46. The number of aliphatic hydroxyl groups excluding tert-OH is 1. The molecule has 10 heteroatoms. The normalized spacial score (nSPS) is 26.1. The number of nitrogens with one attached hydrogen (secondary N) is 1. The third-order valence-electron chi connectivity index (χ3n) is 5.13. The van der Waals surface area contributed by atoms with Gasteiger partial charge in [0.2, 0.25) is 0 Å². The highest BCUT2D eigenvalue weighted by Gasteiger charge is 2.48. The van der Waals surface area contributed by atoms with Gasteiger partial charge in [-0.2, -0.15) is 4.98 Å². The van der Waals surface area contributed by atoms with Gasteiger partial charge in [0.25, 0.3) is 6.01 Å². The molecule has 2 saturated heterocycles. The first-order valence-corrected chi connectivity index (χ1v) is 9.65. The van der Waals surface area contributed by atoms with Crippen molar-refractivity contribution in [2.75, 3.05) is 32.2 Å². The number of nitrogens with zero attached hydrogens (tertiary/aromatic N) is 4. The molecule has 0 spiro atoms. The summed E-state index contributed by atoms with van der Waals surface area (Å²) in [5.74, 6) is 0.845. The fourth-order valence-corrected chi connectivity index (χ4v) is 3.89. The van der Waals surface area contributed by atoms with Gasteiger partial charge >= 0.3 is 0 Å². The van der Waals surface area contributed by atoms with Crippen molar-refractivity contribution in [3.63, 3.8) is 0 Å². The van der Waals surface area contributed by atoms with Gasteiger partial charge in [-0.3, -0.25) is 0 Å². The van der Waals surface area contributed by atoms with Crippen LogP contribution in [0.2, 0.25) is 5.02 Å². The second-order valence-corrected chi connectivity index (χ2v) is 7.76. The Morgan fingerprint density at radius 1 is 1.21 bits per heavy atom. The standard InChI is InChI=1S/C19H20ClN5O4/c1-25(2)14-4-3-9(6-21-14)15-10(20)5-11-18(23-15)24-19(22-11)29-13-8-28-16-12(26)7-27-17(13)16/h3-6,12-13,16-17,26H,7-8H2,1-2H3,(H,22,23,24)/t12-,13-,16-,17-/m1/s1. The van der Waals surface area contributed by atoms with E-state index in [2.05, 4.69) is 19.9 Å². The molecule has 0 aromatic carbocycles. The molecule has 5 heterocycles. The van der Waals surface area contributed by atoms with Crippen LogP contribution in [0.1, 0.15) is 0 Å². The Morgan fingerprint density at radius 3 is 2.79 bits per heavy atom. The van der Waals surface area contributed by atoms with Crippen LogP contribution >= 0.6 is 11.6 Å². The number of aromatic amines is 1. The zero-order valence-electron chi connectivity index (χ0n) is 15.9. The van der Waals surface area contributed by atoms with Crippen LogP contribution in [0.3, 0.4) is 0 Å². The van der Waals surface area contributed by atoms with Crippen molar-refractivity contribution in [2.45, 2.75) is 24.4 Å². The minimum atomic E-state index is -0.625. The number of aliphatic hydroxyl groups is 1. The first kappa shape index (κ1) is 18.6. The van der Waals surface area contributed by atoms with Crippen LogP contribution in [0.25, 0.3) is 22.4 Å². The number of hydrogen-bond donors (Lipinski definition) is 2. The van der Waals surface area contributed by atoms with Gasteiger partial charge in [-0.1, -0.05) is 11.6 Å². The first-order chi connectivity index (χ1) is 14.0. The van der Waals surface area contributed by atoms with Gasteiger partial charge in [0.1, 0.15) is 24.1 Å². The van der Waals surface area contributed by atoms with Crippen LogP contribution in [0.15, 0.2) is 24.4 Å². The van der Waals surface area contributed by atoms with E-state index >= 15 is 0 Å². The van der Waals surface area contributed by atoms with Crippen molar-refractivity contribution in [3.8, 4) is 17.3 Å². The highest BCUT2D eigenvalue weighted by atomic mass is 35.5. The highest BCUT2D eigenvalue weighted by Crippen LogP contribution is 2.32. The van der Waals surface area contributed by atoms with Crippen LogP contribution in [-0.2, 0) is 9.47 Å². The summed E-state index contributed by atoms with van der Waals surface area (Å²) in [7, 11) is 3.86. The van der Waals surface area contributed by atoms with Gasteiger partial charge in [0.05, 0.1) is 29.4 Å². The molecule has 3 aromatic heterocycles. The third-order valence-corrected chi connectivity index (χ3v) is 5.42. The van der Waals surface area contributed by atoms with Gasteiger partial charge in [0, 0.05) is 25.9 Å². The fourth-order valence-electron chi connectivity index (χ4n) is 3.63. The van der Waals surface area contributed by atoms with Crippen molar-refractivity contribution >= 4 is 28.6 Å². The Morgan fingerprint density at radius 2 is 2.03 bits per heavy atom. The maximum Gasteiger partial charge on any atom is 0.296 e. The van der Waals surface area contributed by atoms with Crippen molar-refractivity contribution in [2.24, 2.45) is 0 Å². The molecule has 9 nitrogen and oxygen atoms in total. The molecule has 3 aromatic rings. The minimum Gasteiger partial charge on any atom is -0.456 e. The van der Waals surface area contributed by atoms with E-state index in [-0.39, 0.29) is 24.9 Å². The fraction of sp³-hybridized carbons (Fsp3) is 0.421. The molecule has 4 atom stereocenters. The molecule has 2 N–H and O–H groups in total. The Labute approximate surface area is 171 Å². The zero-order chi connectivity index (χ0) is 20.1. The molecule has 29 heavy (non-hydrogen) atoms. The van der Waals surface area contributed by atoms with E-state index in [0.29, 0.717) is 34.5 Å². The van der Waals surface area contributed by atoms with Crippen LogP contribution < -0.4 is 9.64 Å². The highest BCUT2D eigenvalue weighted by molar-refractivity contribution is 6.33. The van der Waals surface area contributed by atoms with E-state index in [1.807, 2.05) is 31.1 Å². The number of pyridine rings is 2. The maximum absolute atomic E-state index is 9.85. The summed E-state index contributed by atoms with van der Waals surface area (Å²) in [4.78, 5) is 18.4. The Kier molecular flexibility index (Phi) is 4.54. The molecule has 0 radical (unpaired) electrons. The second-order valence-electron chi connectivity index (χ2n) is 7.35. The summed E-state index contributed by atoms with van der Waals surface area (Å²) in [5, 5.41) is 10.3. The zero-order valence-corrected chi connectivity index (χ0v) is 16.6. The quantitative estimate of drug-likeness (QED) is 0.660. The average Bonchev–Trinajstić information content (AvgIpc) is 3.38. The molecular formula is C19H20ClN5O4. The van der Waals surface area contributed by atoms with Crippen molar-refractivity contribution in [3.05, 3.63) is 29.4 Å². The van der Waals surface area contributed by atoms with E-state index in [4.69, 9.17) is 25.8 Å². The lowest BCUT2D eigenvalue weighted by molar-refractivity contribution is 0.00706. The van der Waals surface area contributed by atoms with E-state index < -0.39 is 6.10 Å². The number of aromatic nitrogens is 4. The average molecular weight is 418 g/mol. The van der Waals surface area contributed by atoms with Crippen LogP contribution in [0, 0.1) is 0 Å². The van der Waals surface area contributed by atoms with E-state index in [1.165, 1.54) is 0 Å². The summed E-state index contributed by atoms with van der Waals surface area (Å²) < 4.78 is 17.1. The number of hydrogen-bond acceptors (Lipinski definition) is 8. The van der Waals surface area contributed by atoms with Crippen LogP contribution in [0.4, 0.5) is 5.82 Å². The lowest BCUT2D eigenvalue weighted by Gasteiger charge is -2.15. The van der Waals surface area contributed by atoms with E-state index in [9.17, 15) is 5.11 Å². The van der Waals surface area contributed by atoms with E-state index in [1.54, 1.807) is 12.3 Å². The molecule has 2 aliphatic rings. The molecular weight excluding hydrogens is 398 g/mol. The number of H-pyrrole nitrogens is 1. The maximum atomic E-state index is 9.85. The van der Waals surface area contributed by atoms with Crippen molar-refractivity contribution in [1.29, 1.82) is 0 Å². The number of anilines is 1. The number of fused-ring (bicyclic) bond motifs is 2. The van der Waals surface area contributed by atoms with Gasteiger partial charge in [-0.05, 0) is 18.2 Å². The summed E-state index contributed by atoms with van der Waals surface area (Å²) >= 11 is 6.45. The molecule has 2 aliphatic heterocycles. The van der Waals surface area contributed by atoms with Gasteiger partial charge in [-0.15, -0.1) is 0 Å². The Bertz CT molecular complexity index is 1040. The number of ether oxygens (including phenoxy) is 3. The largest absolute Gasteiger partial charge is 0.456 e. The molecule has 2 fully saturated rings. The van der Waals surface area contributed by atoms with Crippen molar-refractivity contribution < 1.29 is 19.3 Å². The molecule has 0 bridgehead atoms. The summed E-state index contributed by atoms with van der Waals surface area (Å²) in [6.45, 7) is 0.573. The first-order valence-electron chi connectivity index (χ1n) is 9.27. The number of rotatable bonds is 4. The van der Waals surface area contributed by atoms with Gasteiger partial charge < -0.3 is 29.2 Å². The number of halogens is 1. The molecule has 0 saturated carbocycles.